The number of amides is 1. The average molecular weight is 392 g/mol. The van der Waals surface area contributed by atoms with Gasteiger partial charge in [0, 0.05) is 10.7 Å². The number of carboxylic acids is 1. The van der Waals surface area contributed by atoms with Crippen molar-refractivity contribution in [3.05, 3.63) is 50.7 Å². The van der Waals surface area contributed by atoms with E-state index in [1.165, 1.54) is 16.8 Å². The highest BCUT2D eigenvalue weighted by Gasteiger charge is 2.14. The van der Waals surface area contributed by atoms with Gasteiger partial charge >= 0.3 is 5.97 Å². The molecule has 0 saturated heterocycles. The molecule has 8 heteroatoms. The Balaban J connectivity index is 2.16. The second-order valence-corrected chi connectivity index (χ2v) is 5.85. The van der Waals surface area contributed by atoms with Crippen LogP contribution in [0.4, 0.5) is 5.69 Å². The van der Waals surface area contributed by atoms with Crippen molar-refractivity contribution in [2.45, 2.75) is 6.54 Å². The predicted octanol–water partition coefficient (Wildman–Crippen LogP) is 3.89. The Hall–Kier alpha value is -1.50. The zero-order valence-electron chi connectivity index (χ0n) is 10.4. The number of carboxylic acid groups (broad SMARTS) is 1. The lowest BCUT2D eigenvalue weighted by Crippen LogP contribution is -2.21. The Morgan fingerprint density at radius 3 is 2.48 bits per heavy atom. The summed E-state index contributed by atoms with van der Waals surface area (Å²) in [6, 6.07) is 6.16. The summed E-state index contributed by atoms with van der Waals surface area (Å²) in [4.78, 5) is 23.0. The second-order valence-electron chi connectivity index (χ2n) is 4.12. The number of nitrogens with zero attached hydrogens (tertiary/aromatic N) is 1. The molecule has 0 radical (unpaired) electrons. The van der Waals surface area contributed by atoms with Gasteiger partial charge in [-0.3, -0.25) is 4.79 Å². The number of hydrogen-bond donors (Lipinski definition) is 2. The van der Waals surface area contributed by atoms with Crippen molar-refractivity contribution in [3.63, 3.8) is 0 Å². The lowest BCUT2D eigenvalue weighted by atomic mass is 10.3. The van der Waals surface area contributed by atoms with Gasteiger partial charge in [-0.05, 0) is 24.3 Å². The maximum absolute atomic E-state index is 12.0. The molecular formula is C13H9BrCl2N2O3. The third-order valence-electron chi connectivity index (χ3n) is 2.63. The number of carbonyl (C=O) groups excluding carboxylic acids is 1. The van der Waals surface area contributed by atoms with Crippen molar-refractivity contribution in [1.82, 2.24) is 4.57 Å². The monoisotopic (exact) mass is 390 g/mol. The van der Waals surface area contributed by atoms with E-state index in [2.05, 4.69) is 21.2 Å². The molecule has 0 fully saturated rings. The van der Waals surface area contributed by atoms with Gasteiger partial charge in [-0.15, -0.1) is 0 Å². The number of carbonyl (C=O) groups is 2. The molecule has 0 saturated carbocycles. The molecule has 0 unspecified atom stereocenters. The highest BCUT2D eigenvalue weighted by atomic mass is 79.9. The number of nitrogens with one attached hydrogen (secondary N) is 1. The van der Waals surface area contributed by atoms with Crippen LogP contribution < -0.4 is 5.32 Å². The summed E-state index contributed by atoms with van der Waals surface area (Å²) in [5, 5.41) is 12.1. The van der Waals surface area contributed by atoms with Gasteiger partial charge in [0.15, 0.2) is 0 Å². The number of hydrogen-bond acceptors (Lipinski definition) is 2. The first-order valence-electron chi connectivity index (χ1n) is 5.71. The second kappa shape index (κ2) is 6.51. The van der Waals surface area contributed by atoms with Crippen molar-refractivity contribution >= 4 is 56.7 Å². The Kier molecular flexibility index (Phi) is 4.92. The van der Waals surface area contributed by atoms with E-state index in [0.717, 1.165) is 0 Å². The molecule has 2 rings (SSSR count). The maximum Gasteiger partial charge on any atom is 0.352 e. The number of benzene rings is 1. The minimum atomic E-state index is -1.10. The van der Waals surface area contributed by atoms with E-state index in [4.69, 9.17) is 28.3 Å². The van der Waals surface area contributed by atoms with Gasteiger partial charge in [0.25, 0.3) is 0 Å². The van der Waals surface area contributed by atoms with Crippen LogP contribution in [0.15, 0.2) is 34.9 Å². The summed E-state index contributed by atoms with van der Waals surface area (Å²) in [6.07, 6.45) is 1.51. The Labute approximate surface area is 138 Å². The molecule has 0 atom stereocenters. The van der Waals surface area contributed by atoms with Gasteiger partial charge in [0.05, 0.1) is 15.7 Å². The van der Waals surface area contributed by atoms with Crippen LogP contribution in [0.3, 0.4) is 0 Å². The summed E-state index contributed by atoms with van der Waals surface area (Å²) in [5.74, 6) is -1.53. The van der Waals surface area contributed by atoms with Crippen LogP contribution in [-0.2, 0) is 11.3 Å². The van der Waals surface area contributed by atoms with Crippen LogP contribution >= 0.6 is 39.1 Å². The highest BCUT2D eigenvalue weighted by Crippen LogP contribution is 2.33. The first-order chi connectivity index (χ1) is 9.88. The van der Waals surface area contributed by atoms with Crippen molar-refractivity contribution in [2.24, 2.45) is 0 Å². The maximum atomic E-state index is 12.0. The minimum absolute atomic E-state index is 0.0261. The SMILES string of the molecule is O=C(Cn1cccc1C(=O)O)Nc1c(Cl)cc(Br)cc1Cl. The lowest BCUT2D eigenvalue weighted by molar-refractivity contribution is -0.116. The van der Waals surface area contributed by atoms with Gasteiger partial charge in [0.1, 0.15) is 12.2 Å². The molecule has 1 aromatic heterocycles. The number of rotatable bonds is 4. The quantitative estimate of drug-likeness (QED) is 0.830. The molecule has 1 aromatic carbocycles. The molecule has 2 N–H and O–H groups in total. The Morgan fingerprint density at radius 2 is 1.90 bits per heavy atom. The van der Waals surface area contributed by atoms with Crippen molar-refractivity contribution in [3.8, 4) is 0 Å². The van der Waals surface area contributed by atoms with Crippen molar-refractivity contribution < 1.29 is 14.7 Å². The molecule has 21 heavy (non-hydrogen) atoms. The molecule has 0 aliphatic rings. The molecule has 1 amide bonds. The molecule has 2 aromatic rings. The molecule has 0 aliphatic carbocycles. The predicted molar refractivity (Wildman–Crippen MR) is 84.2 cm³/mol. The zero-order chi connectivity index (χ0) is 15.6. The fourth-order valence-electron chi connectivity index (χ4n) is 1.74. The van der Waals surface area contributed by atoms with Gasteiger partial charge in [0.2, 0.25) is 5.91 Å². The van der Waals surface area contributed by atoms with E-state index in [-0.39, 0.29) is 28.0 Å². The van der Waals surface area contributed by atoms with Gasteiger partial charge < -0.3 is 15.0 Å². The van der Waals surface area contributed by atoms with Crippen LogP contribution in [-0.4, -0.2) is 21.6 Å². The van der Waals surface area contributed by atoms with Crippen molar-refractivity contribution in [2.75, 3.05) is 5.32 Å². The summed E-state index contributed by atoms with van der Waals surface area (Å²) in [5.41, 5.74) is 0.314. The molecule has 5 nitrogen and oxygen atoms in total. The first-order valence-corrected chi connectivity index (χ1v) is 7.26. The van der Waals surface area contributed by atoms with E-state index < -0.39 is 11.9 Å². The van der Waals surface area contributed by atoms with Gasteiger partial charge in [-0.25, -0.2) is 4.79 Å². The number of anilines is 1. The average Bonchev–Trinajstić information content (AvgIpc) is 2.82. The summed E-state index contributed by atoms with van der Waals surface area (Å²) in [6.45, 7) is -0.155. The van der Waals surface area contributed by atoms with Crippen LogP contribution in [0.5, 0.6) is 0 Å². The minimum Gasteiger partial charge on any atom is -0.477 e. The number of aromatic carboxylic acids is 1. The topological polar surface area (TPSA) is 71.3 Å². The van der Waals surface area contributed by atoms with E-state index in [9.17, 15) is 9.59 Å². The molecular weight excluding hydrogens is 383 g/mol. The standard InChI is InChI=1S/C13H9BrCl2N2O3/c14-7-4-8(15)12(9(16)5-7)17-11(19)6-18-3-1-2-10(18)13(20)21/h1-5H,6H2,(H,17,19)(H,20,21). The molecule has 0 spiro atoms. The third kappa shape index (κ3) is 3.78. The van der Waals surface area contributed by atoms with Crippen molar-refractivity contribution in [1.29, 1.82) is 0 Å². The molecule has 110 valence electrons. The van der Waals surface area contributed by atoms with Gasteiger partial charge in [-0.1, -0.05) is 39.1 Å². The fraction of sp³-hybridized carbons (Fsp3) is 0.0769. The zero-order valence-corrected chi connectivity index (χ0v) is 13.5. The van der Waals surface area contributed by atoms with Gasteiger partial charge in [-0.2, -0.15) is 0 Å². The highest BCUT2D eigenvalue weighted by molar-refractivity contribution is 9.10. The lowest BCUT2D eigenvalue weighted by Gasteiger charge is -2.11. The van der Waals surface area contributed by atoms with E-state index in [1.54, 1.807) is 18.2 Å². The van der Waals surface area contributed by atoms with Crippen LogP contribution in [0, 0.1) is 0 Å². The fourth-order valence-corrected chi connectivity index (χ4v) is 3.04. The first kappa shape index (κ1) is 15.9. The molecule has 1 heterocycles. The van der Waals surface area contributed by atoms with Crippen LogP contribution in [0.25, 0.3) is 0 Å². The van der Waals surface area contributed by atoms with Crippen LogP contribution in [0.2, 0.25) is 10.0 Å². The van der Waals surface area contributed by atoms with E-state index in [0.29, 0.717) is 4.47 Å². The summed E-state index contributed by atoms with van der Waals surface area (Å²) < 4.78 is 2.01. The summed E-state index contributed by atoms with van der Waals surface area (Å²) in [7, 11) is 0. The third-order valence-corrected chi connectivity index (χ3v) is 3.69. The Bertz CT molecular complexity index is 692. The number of aromatic nitrogens is 1. The van der Waals surface area contributed by atoms with E-state index in [1.807, 2.05) is 0 Å². The Morgan fingerprint density at radius 1 is 1.29 bits per heavy atom. The molecule has 0 aliphatic heterocycles. The van der Waals surface area contributed by atoms with Crippen LogP contribution in [0.1, 0.15) is 10.5 Å². The molecule has 0 bridgehead atoms. The normalized spacial score (nSPS) is 10.4. The smallest absolute Gasteiger partial charge is 0.352 e. The summed E-state index contributed by atoms with van der Waals surface area (Å²) >= 11 is 15.3. The van der Waals surface area contributed by atoms with E-state index >= 15 is 0 Å². The number of halogens is 3. The largest absolute Gasteiger partial charge is 0.477 e.